The molecule has 0 saturated heterocycles. The van der Waals surface area contributed by atoms with Gasteiger partial charge in [-0.2, -0.15) is 5.10 Å². The number of aliphatic hydroxyl groups excluding tert-OH is 1. The van der Waals surface area contributed by atoms with Gasteiger partial charge in [0.05, 0.1) is 26.3 Å². The molecule has 3 nitrogen and oxygen atoms in total. The van der Waals surface area contributed by atoms with Gasteiger partial charge in [-0.05, 0) is 41.9 Å². The van der Waals surface area contributed by atoms with Gasteiger partial charge in [-0.3, -0.25) is 4.68 Å². The first-order valence-electron chi connectivity index (χ1n) is 5.68. The number of thiophene rings is 1. The predicted octanol–water partition coefficient (Wildman–Crippen LogP) is 3.96. The molecule has 2 aromatic heterocycles. The molecule has 0 aliphatic heterocycles. The Morgan fingerprint density at radius 2 is 2.28 bits per heavy atom. The number of hydrogen-bond acceptors (Lipinski definition) is 3. The lowest BCUT2D eigenvalue weighted by molar-refractivity contribution is 0.179. The zero-order valence-corrected chi connectivity index (χ0v) is 13.3. The van der Waals surface area contributed by atoms with Crippen LogP contribution >= 0.6 is 38.9 Å². The molecule has 98 valence electrons. The van der Waals surface area contributed by atoms with Crippen molar-refractivity contribution in [2.24, 2.45) is 0 Å². The average Bonchev–Trinajstić information content (AvgIpc) is 2.88. The molecule has 0 radical (unpaired) electrons. The van der Waals surface area contributed by atoms with Crippen LogP contribution in [0, 0.1) is 6.92 Å². The Labute approximate surface area is 124 Å². The van der Waals surface area contributed by atoms with Crippen LogP contribution in [0.4, 0.5) is 0 Å². The minimum Gasteiger partial charge on any atom is -0.387 e. The second-order valence-corrected chi connectivity index (χ2v) is 6.56. The fraction of sp³-hybridized carbons (Fsp3) is 0.417. The molecule has 1 N–H and O–H groups in total. The Morgan fingerprint density at radius 3 is 2.83 bits per heavy atom. The van der Waals surface area contributed by atoms with Crippen molar-refractivity contribution in [2.75, 3.05) is 0 Å². The highest BCUT2D eigenvalue weighted by molar-refractivity contribution is 9.10. The Kier molecular flexibility index (Phi) is 4.48. The molecule has 2 aromatic rings. The van der Waals surface area contributed by atoms with Gasteiger partial charge in [0, 0.05) is 17.8 Å². The first-order valence-corrected chi connectivity index (χ1v) is 7.66. The van der Waals surface area contributed by atoms with Crippen LogP contribution in [0.15, 0.2) is 16.6 Å². The van der Waals surface area contributed by atoms with Crippen molar-refractivity contribution >= 4 is 38.9 Å². The van der Waals surface area contributed by atoms with E-state index in [1.165, 1.54) is 11.3 Å². The van der Waals surface area contributed by atoms with Crippen LogP contribution < -0.4 is 0 Å². The summed E-state index contributed by atoms with van der Waals surface area (Å²) in [4.78, 5) is 0.883. The second-order valence-electron chi connectivity index (χ2n) is 4.02. The number of aliphatic hydroxyl groups is 1. The Bertz CT molecular complexity index is 552. The van der Waals surface area contributed by atoms with Crippen LogP contribution in [0.1, 0.15) is 29.3 Å². The SMILES string of the molecule is CCn1nc(C)c(Br)c1CC(O)c1ccc(Cl)s1. The van der Waals surface area contributed by atoms with E-state index in [0.29, 0.717) is 10.8 Å². The largest absolute Gasteiger partial charge is 0.387 e. The quantitative estimate of drug-likeness (QED) is 0.907. The van der Waals surface area contributed by atoms with Gasteiger partial charge in [0.2, 0.25) is 0 Å². The summed E-state index contributed by atoms with van der Waals surface area (Å²) in [6.45, 7) is 4.78. The maximum absolute atomic E-state index is 10.2. The van der Waals surface area contributed by atoms with Crippen LogP contribution in [-0.4, -0.2) is 14.9 Å². The van der Waals surface area contributed by atoms with E-state index in [0.717, 1.165) is 27.3 Å². The van der Waals surface area contributed by atoms with E-state index in [1.807, 2.05) is 30.7 Å². The zero-order valence-electron chi connectivity index (χ0n) is 10.2. The van der Waals surface area contributed by atoms with Crippen molar-refractivity contribution in [1.29, 1.82) is 0 Å². The third-order valence-corrected chi connectivity index (χ3v) is 5.13. The lowest BCUT2D eigenvalue weighted by Gasteiger charge is -2.10. The summed E-state index contributed by atoms with van der Waals surface area (Å²) in [5.74, 6) is 0. The van der Waals surface area contributed by atoms with Gasteiger partial charge in [0.15, 0.2) is 0 Å². The normalized spacial score (nSPS) is 12.9. The van der Waals surface area contributed by atoms with Gasteiger partial charge in [-0.15, -0.1) is 11.3 Å². The summed E-state index contributed by atoms with van der Waals surface area (Å²) in [6, 6.07) is 3.67. The van der Waals surface area contributed by atoms with Crippen molar-refractivity contribution < 1.29 is 5.11 Å². The molecule has 2 rings (SSSR count). The molecule has 0 bridgehead atoms. The topological polar surface area (TPSA) is 38.0 Å². The minimum absolute atomic E-state index is 0.534. The van der Waals surface area contributed by atoms with Crippen LogP contribution in [0.2, 0.25) is 4.34 Å². The molecule has 0 fully saturated rings. The highest BCUT2D eigenvalue weighted by Gasteiger charge is 2.18. The lowest BCUT2D eigenvalue weighted by atomic mass is 10.1. The number of aromatic nitrogens is 2. The maximum Gasteiger partial charge on any atom is 0.0938 e. The summed E-state index contributed by atoms with van der Waals surface area (Å²) in [5.41, 5.74) is 1.97. The van der Waals surface area contributed by atoms with Crippen LogP contribution in [-0.2, 0) is 13.0 Å². The van der Waals surface area contributed by atoms with Gasteiger partial charge in [-0.25, -0.2) is 0 Å². The Hall–Kier alpha value is -0.360. The first kappa shape index (κ1) is 14.1. The molecule has 0 aliphatic rings. The third kappa shape index (κ3) is 2.79. The van der Waals surface area contributed by atoms with E-state index in [2.05, 4.69) is 21.0 Å². The summed E-state index contributed by atoms with van der Waals surface area (Å²) in [5, 5.41) is 14.6. The zero-order chi connectivity index (χ0) is 13.3. The molecule has 18 heavy (non-hydrogen) atoms. The number of nitrogens with zero attached hydrogens (tertiary/aromatic N) is 2. The molecule has 2 heterocycles. The molecular weight excluding hydrogens is 336 g/mol. The van der Waals surface area contributed by atoms with Gasteiger partial charge in [-0.1, -0.05) is 11.6 Å². The van der Waals surface area contributed by atoms with E-state index in [9.17, 15) is 5.11 Å². The Morgan fingerprint density at radius 1 is 1.56 bits per heavy atom. The van der Waals surface area contributed by atoms with Crippen LogP contribution in [0.5, 0.6) is 0 Å². The summed E-state index contributed by atoms with van der Waals surface area (Å²) >= 11 is 10.8. The number of halogens is 2. The van der Waals surface area contributed by atoms with Crippen LogP contribution in [0.25, 0.3) is 0 Å². The van der Waals surface area contributed by atoms with E-state index < -0.39 is 6.10 Å². The van der Waals surface area contributed by atoms with Gasteiger partial charge in [0.1, 0.15) is 0 Å². The molecule has 1 unspecified atom stereocenters. The molecule has 0 aromatic carbocycles. The molecule has 0 saturated carbocycles. The summed E-state index contributed by atoms with van der Waals surface area (Å²) in [6.07, 6.45) is -0.00765. The first-order chi connectivity index (χ1) is 8.52. The van der Waals surface area contributed by atoms with E-state index >= 15 is 0 Å². The van der Waals surface area contributed by atoms with E-state index in [-0.39, 0.29) is 0 Å². The monoisotopic (exact) mass is 348 g/mol. The van der Waals surface area contributed by atoms with Gasteiger partial charge in [0.25, 0.3) is 0 Å². The molecule has 6 heteroatoms. The maximum atomic E-state index is 10.2. The minimum atomic E-state index is -0.541. The standard InChI is InChI=1S/C12H14BrClN2OS/c1-3-16-8(12(13)7(2)15-16)6-9(17)10-4-5-11(14)18-10/h4-5,9,17H,3,6H2,1-2H3. The fourth-order valence-electron chi connectivity index (χ4n) is 1.86. The lowest BCUT2D eigenvalue weighted by Crippen LogP contribution is -2.08. The molecule has 0 spiro atoms. The van der Waals surface area contributed by atoms with E-state index in [4.69, 9.17) is 11.6 Å². The highest BCUT2D eigenvalue weighted by Crippen LogP contribution is 2.31. The average molecular weight is 350 g/mol. The van der Waals surface area contributed by atoms with Crippen molar-refractivity contribution in [2.45, 2.75) is 32.9 Å². The van der Waals surface area contributed by atoms with Gasteiger partial charge < -0.3 is 5.11 Å². The molecule has 0 amide bonds. The summed E-state index contributed by atoms with van der Waals surface area (Å²) < 4.78 is 3.59. The molecular formula is C12H14BrClN2OS. The predicted molar refractivity (Wildman–Crippen MR) is 78.3 cm³/mol. The summed E-state index contributed by atoms with van der Waals surface area (Å²) in [7, 11) is 0. The molecule has 1 atom stereocenters. The molecule has 0 aliphatic carbocycles. The fourth-order valence-corrected chi connectivity index (χ4v) is 3.35. The van der Waals surface area contributed by atoms with Crippen molar-refractivity contribution in [3.8, 4) is 0 Å². The third-order valence-electron chi connectivity index (χ3n) is 2.76. The van der Waals surface area contributed by atoms with Crippen molar-refractivity contribution in [3.63, 3.8) is 0 Å². The highest BCUT2D eigenvalue weighted by atomic mass is 79.9. The van der Waals surface area contributed by atoms with Crippen molar-refractivity contribution in [1.82, 2.24) is 9.78 Å². The van der Waals surface area contributed by atoms with Gasteiger partial charge >= 0.3 is 0 Å². The number of rotatable bonds is 4. The Balaban J connectivity index is 2.23. The smallest absolute Gasteiger partial charge is 0.0938 e. The number of aryl methyl sites for hydroxylation is 2. The second kappa shape index (κ2) is 5.74. The number of hydrogen-bond donors (Lipinski definition) is 1. The van der Waals surface area contributed by atoms with E-state index in [1.54, 1.807) is 0 Å². The van der Waals surface area contributed by atoms with Crippen molar-refractivity contribution in [3.05, 3.63) is 37.2 Å². The van der Waals surface area contributed by atoms with Crippen LogP contribution in [0.3, 0.4) is 0 Å².